The van der Waals surface area contributed by atoms with E-state index < -0.39 is 0 Å². The highest BCUT2D eigenvalue weighted by molar-refractivity contribution is 6.09. The molecule has 0 fully saturated rings. The molecule has 0 N–H and O–H groups in total. The van der Waals surface area contributed by atoms with Crippen molar-refractivity contribution in [2.45, 2.75) is 46.0 Å². The third-order valence-corrected chi connectivity index (χ3v) is 3.49. The van der Waals surface area contributed by atoms with Gasteiger partial charge in [0.2, 0.25) is 0 Å². The van der Waals surface area contributed by atoms with Crippen molar-refractivity contribution in [1.82, 2.24) is 0 Å². The fourth-order valence-electron chi connectivity index (χ4n) is 2.58. The van der Waals surface area contributed by atoms with Crippen molar-refractivity contribution >= 4 is 5.78 Å². The largest absolute Gasteiger partial charge is 0.289 e. The Bertz CT molecular complexity index is 477. The predicted molar refractivity (Wildman–Crippen MR) is 71.4 cm³/mol. The Labute approximate surface area is 108 Å². The number of allylic oxidation sites excluding steroid dienone is 2. The average Bonchev–Trinajstić information content (AvgIpc) is 2.55. The number of rotatable bonds is 2. The number of carbonyl (C=O) groups excluding carboxylic acids is 1. The summed E-state index contributed by atoms with van der Waals surface area (Å²) < 4.78 is 14.0. The summed E-state index contributed by atoms with van der Waals surface area (Å²) >= 11 is 0. The van der Waals surface area contributed by atoms with Crippen LogP contribution in [0.25, 0.3) is 0 Å². The van der Waals surface area contributed by atoms with Crippen LogP contribution in [0.1, 0.15) is 53.6 Å². The molecule has 0 radical (unpaired) electrons. The Morgan fingerprint density at radius 3 is 2.67 bits per heavy atom. The lowest BCUT2D eigenvalue weighted by atomic mass is 9.94. The van der Waals surface area contributed by atoms with E-state index in [4.69, 9.17) is 0 Å². The fraction of sp³-hybridized carbons (Fsp3) is 0.438. The molecule has 96 valence electrons. The first kappa shape index (κ1) is 13.0. The zero-order valence-electron chi connectivity index (χ0n) is 11.1. The van der Waals surface area contributed by atoms with Gasteiger partial charge in [-0.15, -0.1) is 0 Å². The summed E-state index contributed by atoms with van der Waals surface area (Å²) in [6.45, 7) is 3.65. The van der Waals surface area contributed by atoms with Crippen LogP contribution in [-0.4, -0.2) is 5.78 Å². The molecule has 18 heavy (non-hydrogen) atoms. The maximum Gasteiger partial charge on any atom is 0.191 e. The second-order valence-corrected chi connectivity index (χ2v) is 5.10. The smallest absolute Gasteiger partial charge is 0.191 e. The van der Waals surface area contributed by atoms with Crippen LogP contribution in [0.2, 0.25) is 0 Å². The van der Waals surface area contributed by atoms with Crippen LogP contribution >= 0.6 is 0 Å². The van der Waals surface area contributed by atoms with Crippen LogP contribution in [0.3, 0.4) is 0 Å². The van der Waals surface area contributed by atoms with Crippen LogP contribution in [0.5, 0.6) is 0 Å². The summed E-state index contributed by atoms with van der Waals surface area (Å²) in [6, 6.07) is 3.31. The van der Waals surface area contributed by atoms with E-state index >= 15 is 0 Å². The molecule has 1 aliphatic carbocycles. The summed E-state index contributed by atoms with van der Waals surface area (Å²) in [7, 11) is 0. The number of aryl methyl sites for hydroxylation is 2. The molecule has 1 aromatic rings. The van der Waals surface area contributed by atoms with E-state index in [1.54, 1.807) is 6.92 Å². The molecular weight excluding hydrogens is 227 g/mol. The Kier molecular flexibility index (Phi) is 3.95. The normalized spacial score (nSPS) is 16.1. The lowest BCUT2D eigenvalue weighted by molar-refractivity contribution is 0.102. The Morgan fingerprint density at radius 1 is 1.17 bits per heavy atom. The molecule has 0 saturated carbocycles. The van der Waals surface area contributed by atoms with E-state index in [-0.39, 0.29) is 17.2 Å². The Morgan fingerprint density at radius 2 is 1.94 bits per heavy atom. The number of hydrogen-bond acceptors (Lipinski definition) is 1. The number of halogens is 1. The summed E-state index contributed by atoms with van der Waals surface area (Å²) in [5, 5.41) is 0. The second-order valence-electron chi connectivity index (χ2n) is 5.10. The molecule has 1 aliphatic rings. The van der Waals surface area contributed by atoms with Gasteiger partial charge in [-0.2, -0.15) is 0 Å². The van der Waals surface area contributed by atoms with E-state index in [1.165, 1.54) is 6.07 Å². The zero-order chi connectivity index (χ0) is 13.1. The van der Waals surface area contributed by atoms with Crippen molar-refractivity contribution in [3.05, 3.63) is 46.3 Å². The maximum atomic E-state index is 14.0. The second kappa shape index (κ2) is 5.47. The van der Waals surface area contributed by atoms with Crippen molar-refractivity contribution in [2.24, 2.45) is 0 Å². The van der Waals surface area contributed by atoms with Crippen LogP contribution in [-0.2, 0) is 0 Å². The fourth-order valence-corrected chi connectivity index (χ4v) is 2.58. The molecule has 0 spiro atoms. The molecule has 0 amide bonds. The first-order valence-corrected chi connectivity index (χ1v) is 6.60. The molecule has 0 aromatic heterocycles. The maximum absolute atomic E-state index is 14.0. The summed E-state index contributed by atoms with van der Waals surface area (Å²) in [5.74, 6) is -0.505. The van der Waals surface area contributed by atoms with Crippen molar-refractivity contribution in [3.63, 3.8) is 0 Å². The first-order chi connectivity index (χ1) is 8.59. The van der Waals surface area contributed by atoms with Gasteiger partial charge in [-0.05, 0) is 62.3 Å². The summed E-state index contributed by atoms with van der Waals surface area (Å²) in [6.07, 6.45) is 7.03. The highest BCUT2D eigenvalue weighted by Crippen LogP contribution is 2.24. The molecule has 0 atom stereocenters. The molecule has 0 heterocycles. The molecule has 1 nitrogen and oxygen atoms in total. The third-order valence-electron chi connectivity index (χ3n) is 3.49. The molecular formula is C16H19FO. The molecule has 0 bridgehead atoms. The van der Waals surface area contributed by atoms with E-state index in [0.717, 1.165) is 48.8 Å². The number of ketones is 1. The average molecular weight is 246 g/mol. The highest BCUT2D eigenvalue weighted by atomic mass is 19.1. The topological polar surface area (TPSA) is 17.1 Å². The minimum Gasteiger partial charge on any atom is -0.289 e. The molecule has 2 rings (SSSR count). The lowest BCUT2D eigenvalue weighted by Gasteiger charge is -2.10. The van der Waals surface area contributed by atoms with Crippen LogP contribution in [0.4, 0.5) is 4.39 Å². The number of benzene rings is 1. The number of carbonyl (C=O) groups is 1. The summed E-state index contributed by atoms with van der Waals surface area (Å²) in [4.78, 5) is 12.4. The van der Waals surface area contributed by atoms with Gasteiger partial charge in [0.15, 0.2) is 5.78 Å². The standard InChI is InChI=1S/C16H19FO/c1-11-9-12(2)15(14(17)10-11)16(18)13-7-5-3-4-6-8-13/h7,9-10H,3-6,8H2,1-2H3. The predicted octanol–water partition coefficient (Wildman–Crippen LogP) is 4.52. The Hall–Kier alpha value is -1.44. The highest BCUT2D eigenvalue weighted by Gasteiger charge is 2.19. The molecule has 0 saturated heterocycles. The minimum absolute atomic E-state index is 0.119. The molecule has 0 unspecified atom stereocenters. The van der Waals surface area contributed by atoms with Crippen molar-refractivity contribution in [3.8, 4) is 0 Å². The van der Waals surface area contributed by atoms with Gasteiger partial charge in [-0.25, -0.2) is 4.39 Å². The SMILES string of the molecule is Cc1cc(C)c(C(=O)C2=CCCCCC2)c(F)c1. The minimum atomic E-state index is -0.386. The monoisotopic (exact) mass is 246 g/mol. The van der Waals surface area contributed by atoms with Crippen LogP contribution in [0.15, 0.2) is 23.8 Å². The van der Waals surface area contributed by atoms with Crippen molar-refractivity contribution < 1.29 is 9.18 Å². The van der Waals surface area contributed by atoms with Gasteiger partial charge in [0.1, 0.15) is 5.82 Å². The first-order valence-electron chi connectivity index (χ1n) is 6.60. The van der Waals surface area contributed by atoms with E-state index in [0.29, 0.717) is 0 Å². The van der Waals surface area contributed by atoms with Crippen molar-refractivity contribution in [2.75, 3.05) is 0 Å². The third kappa shape index (κ3) is 2.69. The van der Waals surface area contributed by atoms with E-state index in [9.17, 15) is 9.18 Å². The van der Waals surface area contributed by atoms with Gasteiger partial charge in [0.25, 0.3) is 0 Å². The quantitative estimate of drug-likeness (QED) is 0.701. The van der Waals surface area contributed by atoms with E-state index in [1.807, 2.05) is 19.1 Å². The van der Waals surface area contributed by atoms with Crippen LogP contribution in [0, 0.1) is 19.7 Å². The zero-order valence-corrected chi connectivity index (χ0v) is 11.1. The number of hydrogen-bond donors (Lipinski definition) is 0. The van der Waals surface area contributed by atoms with Gasteiger partial charge in [0, 0.05) is 0 Å². The van der Waals surface area contributed by atoms with Gasteiger partial charge < -0.3 is 0 Å². The molecule has 0 aliphatic heterocycles. The van der Waals surface area contributed by atoms with Gasteiger partial charge >= 0.3 is 0 Å². The van der Waals surface area contributed by atoms with Gasteiger partial charge in [-0.3, -0.25) is 4.79 Å². The van der Waals surface area contributed by atoms with Crippen molar-refractivity contribution in [1.29, 1.82) is 0 Å². The molecule has 2 heteroatoms. The number of Topliss-reactive ketones (excluding diaryl/α,β-unsaturated/α-hetero) is 1. The van der Waals surface area contributed by atoms with Gasteiger partial charge in [-0.1, -0.05) is 18.6 Å². The summed E-state index contributed by atoms with van der Waals surface area (Å²) in [5.41, 5.74) is 2.64. The molecule has 1 aromatic carbocycles. The van der Waals surface area contributed by atoms with Crippen LogP contribution < -0.4 is 0 Å². The Balaban J connectivity index is 2.36. The lowest BCUT2D eigenvalue weighted by Crippen LogP contribution is -2.09. The van der Waals surface area contributed by atoms with E-state index in [2.05, 4.69) is 0 Å². The van der Waals surface area contributed by atoms with Gasteiger partial charge in [0.05, 0.1) is 5.56 Å².